The zero-order valence-corrected chi connectivity index (χ0v) is 16.4. The summed E-state index contributed by atoms with van der Waals surface area (Å²) >= 11 is 0. The van der Waals surface area contributed by atoms with Crippen LogP contribution < -0.4 is 0 Å². The number of allylic oxidation sites excluding steroid dienone is 9. The Kier molecular flexibility index (Phi) is 20.2. The number of aliphatic hydroxyl groups excluding tert-OH is 2. The molecule has 0 aromatic carbocycles. The summed E-state index contributed by atoms with van der Waals surface area (Å²) in [5, 5.41) is 17.7. The van der Waals surface area contributed by atoms with Crippen LogP contribution in [0.5, 0.6) is 0 Å². The average Bonchev–Trinajstić information content (AvgIpc) is 2.66. The van der Waals surface area contributed by atoms with Crippen molar-refractivity contribution in [2.45, 2.75) is 70.8 Å². The fraction of sp³-hybridized carbons (Fsp3) is 0.565. The van der Waals surface area contributed by atoms with E-state index in [1.54, 1.807) is 6.08 Å². The maximum Gasteiger partial charge on any atom is 0.115 e. The first-order chi connectivity index (χ1) is 12.8. The lowest BCUT2D eigenvalue weighted by Crippen LogP contribution is -2.17. The first kappa shape index (κ1) is 24.4. The lowest BCUT2D eigenvalue weighted by Gasteiger charge is -2.04. The van der Waals surface area contributed by atoms with Gasteiger partial charge in [0.05, 0.1) is 12.9 Å². The minimum Gasteiger partial charge on any atom is -0.498 e. The van der Waals surface area contributed by atoms with Crippen molar-refractivity contribution in [1.82, 2.24) is 0 Å². The number of rotatable bonds is 17. The minimum atomic E-state index is -0.822. The first-order valence-corrected chi connectivity index (χ1v) is 10.0. The van der Waals surface area contributed by atoms with Gasteiger partial charge in [-0.25, -0.2) is 0 Å². The molecule has 1 atom stereocenters. The van der Waals surface area contributed by atoms with Gasteiger partial charge in [-0.15, -0.1) is 0 Å². The van der Waals surface area contributed by atoms with E-state index in [1.807, 2.05) is 36.5 Å². The molecule has 0 aliphatic carbocycles. The molecule has 148 valence electrons. The molecule has 0 heterocycles. The SMILES string of the molecule is CCCCCCCCCCC=CC=CC=CC=CC=COCC(O)CO. The molecular weight excluding hydrogens is 324 g/mol. The summed E-state index contributed by atoms with van der Waals surface area (Å²) < 4.78 is 5.03. The van der Waals surface area contributed by atoms with Gasteiger partial charge in [0.15, 0.2) is 0 Å². The van der Waals surface area contributed by atoms with Crippen molar-refractivity contribution >= 4 is 0 Å². The molecule has 3 heteroatoms. The van der Waals surface area contributed by atoms with Crippen LogP contribution >= 0.6 is 0 Å². The second-order valence-electron chi connectivity index (χ2n) is 6.34. The zero-order valence-electron chi connectivity index (χ0n) is 16.4. The van der Waals surface area contributed by atoms with Crippen LogP contribution in [0.3, 0.4) is 0 Å². The Morgan fingerprint density at radius 3 is 1.88 bits per heavy atom. The topological polar surface area (TPSA) is 49.7 Å². The van der Waals surface area contributed by atoms with Gasteiger partial charge in [0.1, 0.15) is 12.7 Å². The Hall–Kier alpha value is -1.58. The molecule has 0 aromatic heterocycles. The molecule has 3 nitrogen and oxygen atoms in total. The van der Waals surface area contributed by atoms with Gasteiger partial charge in [0, 0.05) is 0 Å². The van der Waals surface area contributed by atoms with Gasteiger partial charge in [-0.05, 0) is 18.9 Å². The van der Waals surface area contributed by atoms with Crippen molar-refractivity contribution in [3.8, 4) is 0 Å². The number of unbranched alkanes of at least 4 members (excludes halogenated alkanes) is 8. The van der Waals surface area contributed by atoms with Crippen molar-refractivity contribution in [3.05, 3.63) is 60.9 Å². The summed E-state index contributed by atoms with van der Waals surface area (Å²) in [4.78, 5) is 0. The maximum absolute atomic E-state index is 9.06. The third-order valence-electron chi connectivity index (χ3n) is 3.81. The predicted octanol–water partition coefficient (Wildman–Crippen LogP) is 5.63. The van der Waals surface area contributed by atoms with E-state index < -0.39 is 6.10 Å². The van der Waals surface area contributed by atoms with Gasteiger partial charge in [-0.3, -0.25) is 0 Å². The lowest BCUT2D eigenvalue weighted by molar-refractivity contribution is 0.0384. The molecule has 0 fully saturated rings. The van der Waals surface area contributed by atoms with Crippen molar-refractivity contribution in [2.75, 3.05) is 13.2 Å². The Morgan fingerprint density at radius 2 is 1.27 bits per heavy atom. The second kappa shape index (κ2) is 21.5. The fourth-order valence-electron chi connectivity index (χ4n) is 2.28. The van der Waals surface area contributed by atoms with E-state index in [0.717, 1.165) is 0 Å². The third-order valence-corrected chi connectivity index (χ3v) is 3.81. The van der Waals surface area contributed by atoms with Gasteiger partial charge in [0.2, 0.25) is 0 Å². The van der Waals surface area contributed by atoms with Crippen molar-refractivity contribution in [3.63, 3.8) is 0 Å². The van der Waals surface area contributed by atoms with Gasteiger partial charge >= 0.3 is 0 Å². The highest BCUT2D eigenvalue weighted by Crippen LogP contribution is 2.09. The number of aliphatic hydroxyl groups is 2. The predicted molar refractivity (Wildman–Crippen MR) is 112 cm³/mol. The highest BCUT2D eigenvalue weighted by atomic mass is 16.5. The molecule has 26 heavy (non-hydrogen) atoms. The normalized spacial score (nSPS) is 14.0. The van der Waals surface area contributed by atoms with Crippen LogP contribution in [0.1, 0.15) is 64.7 Å². The molecule has 0 rings (SSSR count). The average molecular weight is 363 g/mol. The summed E-state index contributed by atoms with van der Waals surface area (Å²) in [5.74, 6) is 0. The van der Waals surface area contributed by atoms with E-state index in [1.165, 1.54) is 64.0 Å². The van der Waals surface area contributed by atoms with Crippen molar-refractivity contribution in [1.29, 1.82) is 0 Å². The van der Waals surface area contributed by atoms with Crippen molar-refractivity contribution in [2.24, 2.45) is 0 Å². The summed E-state index contributed by atoms with van der Waals surface area (Å²) in [5.41, 5.74) is 0. The molecule has 0 aliphatic heterocycles. The van der Waals surface area contributed by atoms with E-state index >= 15 is 0 Å². The Labute approximate surface area is 160 Å². The Morgan fingerprint density at radius 1 is 0.731 bits per heavy atom. The number of hydrogen-bond acceptors (Lipinski definition) is 3. The Balaban J connectivity index is 3.49. The quantitative estimate of drug-likeness (QED) is 0.200. The first-order valence-electron chi connectivity index (χ1n) is 10.0. The monoisotopic (exact) mass is 362 g/mol. The van der Waals surface area contributed by atoms with Crippen LogP contribution in [-0.2, 0) is 4.74 Å². The molecule has 0 saturated carbocycles. The molecule has 0 bridgehead atoms. The van der Waals surface area contributed by atoms with E-state index in [-0.39, 0.29) is 13.2 Å². The summed E-state index contributed by atoms with van der Waals surface area (Å²) in [7, 11) is 0. The molecule has 0 aliphatic rings. The molecule has 0 saturated heterocycles. The van der Waals surface area contributed by atoms with Gasteiger partial charge in [-0.2, -0.15) is 0 Å². The number of hydrogen-bond donors (Lipinski definition) is 2. The van der Waals surface area contributed by atoms with E-state index in [2.05, 4.69) is 19.1 Å². The van der Waals surface area contributed by atoms with E-state index in [4.69, 9.17) is 14.9 Å². The minimum absolute atomic E-state index is 0.102. The van der Waals surface area contributed by atoms with E-state index in [0.29, 0.717) is 0 Å². The molecular formula is C23H38O3. The largest absolute Gasteiger partial charge is 0.498 e. The molecule has 0 radical (unpaired) electrons. The van der Waals surface area contributed by atoms with Crippen molar-refractivity contribution < 1.29 is 14.9 Å². The highest BCUT2D eigenvalue weighted by Gasteiger charge is 1.98. The highest BCUT2D eigenvalue weighted by molar-refractivity contribution is 5.17. The summed E-state index contributed by atoms with van der Waals surface area (Å²) in [6.45, 7) is 2.08. The summed E-state index contributed by atoms with van der Waals surface area (Å²) in [6, 6.07) is 0. The van der Waals surface area contributed by atoms with Gasteiger partial charge in [-0.1, -0.05) is 100 Å². The van der Waals surface area contributed by atoms with Crippen LogP contribution in [0.15, 0.2) is 60.9 Å². The molecule has 1 unspecified atom stereocenters. The van der Waals surface area contributed by atoms with Gasteiger partial charge in [0.25, 0.3) is 0 Å². The van der Waals surface area contributed by atoms with E-state index in [9.17, 15) is 0 Å². The fourth-order valence-corrected chi connectivity index (χ4v) is 2.28. The second-order valence-corrected chi connectivity index (χ2v) is 6.34. The molecule has 0 amide bonds. The van der Waals surface area contributed by atoms with Crippen LogP contribution in [-0.4, -0.2) is 29.5 Å². The molecule has 0 spiro atoms. The Bertz CT molecular complexity index is 419. The zero-order chi connectivity index (χ0) is 19.1. The lowest BCUT2D eigenvalue weighted by atomic mass is 10.1. The van der Waals surface area contributed by atoms with Gasteiger partial charge < -0.3 is 14.9 Å². The van der Waals surface area contributed by atoms with Crippen LogP contribution in [0.4, 0.5) is 0 Å². The standard InChI is InChI=1S/C23H38O3/c1-2-3-4-5-6-7-8-9-10-11-12-13-14-15-16-17-18-19-20-26-22-23(25)21-24/h11-20,23-25H,2-10,21-22H2,1H3. The molecule has 0 aromatic rings. The summed E-state index contributed by atoms with van der Waals surface area (Å²) in [6.07, 6.45) is 30.6. The third kappa shape index (κ3) is 20.5. The number of ether oxygens (including phenoxy) is 1. The van der Waals surface area contributed by atoms with Crippen LogP contribution in [0.25, 0.3) is 0 Å². The molecule has 2 N–H and O–H groups in total. The van der Waals surface area contributed by atoms with Crippen LogP contribution in [0.2, 0.25) is 0 Å². The maximum atomic E-state index is 9.06. The smallest absolute Gasteiger partial charge is 0.115 e. The van der Waals surface area contributed by atoms with Crippen LogP contribution in [0, 0.1) is 0 Å².